The molecule has 0 bridgehead atoms. The van der Waals surface area contributed by atoms with Gasteiger partial charge in [-0.1, -0.05) is 45.0 Å². The van der Waals surface area contributed by atoms with Gasteiger partial charge >= 0.3 is 0 Å². The molecule has 1 aromatic carbocycles. The monoisotopic (exact) mass is 146 g/mol. The minimum atomic E-state index is 0.230. The molecule has 58 valence electrons. The van der Waals surface area contributed by atoms with Crippen LogP contribution in [0.2, 0.25) is 0 Å². The molecule has 0 amide bonds. The van der Waals surface area contributed by atoms with Gasteiger partial charge in [0.05, 0.1) is 0 Å². The molecular formula is C11H14. The van der Waals surface area contributed by atoms with E-state index in [0.29, 0.717) is 0 Å². The molecule has 0 atom stereocenters. The van der Waals surface area contributed by atoms with Crippen LogP contribution in [0, 0.1) is 6.92 Å². The molecule has 0 N–H and O–H groups in total. The summed E-state index contributed by atoms with van der Waals surface area (Å²) in [7, 11) is 0. The van der Waals surface area contributed by atoms with Crippen molar-refractivity contribution < 1.29 is 0 Å². The Morgan fingerprint density at radius 2 is 1.45 bits per heavy atom. The predicted molar refractivity (Wildman–Crippen MR) is 48.5 cm³/mol. The zero-order valence-electron chi connectivity index (χ0n) is 7.39. The van der Waals surface area contributed by atoms with Gasteiger partial charge in [-0.3, -0.25) is 0 Å². The summed E-state index contributed by atoms with van der Waals surface area (Å²) in [5.74, 6) is 0. The molecule has 0 saturated carbocycles. The third-order valence-corrected chi connectivity index (χ3v) is 1.78. The lowest BCUT2D eigenvalue weighted by Gasteiger charge is -2.18. The molecule has 0 aliphatic heterocycles. The molecule has 0 fully saturated rings. The Hall–Kier alpha value is -0.780. The Morgan fingerprint density at radius 3 is 1.82 bits per heavy atom. The van der Waals surface area contributed by atoms with Crippen molar-refractivity contribution in [2.75, 3.05) is 0 Å². The highest BCUT2D eigenvalue weighted by Gasteiger charge is 2.11. The van der Waals surface area contributed by atoms with Gasteiger partial charge in [0.2, 0.25) is 0 Å². The first kappa shape index (κ1) is 8.32. The lowest BCUT2D eigenvalue weighted by atomic mass is 9.87. The van der Waals surface area contributed by atoms with Crippen LogP contribution < -0.4 is 0 Å². The maximum Gasteiger partial charge on any atom is -0.00120 e. The highest BCUT2D eigenvalue weighted by atomic mass is 14.2. The Labute approximate surface area is 69.3 Å². The summed E-state index contributed by atoms with van der Waals surface area (Å²) >= 11 is 0. The summed E-state index contributed by atoms with van der Waals surface area (Å²) in [5.41, 5.74) is 2.39. The molecule has 1 rings (SSSR count). The average molecular weight is 146 g/mol. The van der Waals surface area contributed by atoms with Crippen LogP contribution >= 0.6 is 0 Å². The van der Waals surface area contributed by atoms with Crippen LogP contribution in [0.3, 0.4) is 0 Å². The van der Waals surface area contributed by atoms with Crippen molar-refractivity contribution in [3.05, 3.63) is 42.3 Å². The molecule has 0 aliphatic rings. The second kappa shape index (κ2) is 2.69. The molecule has 0 saturated heterocycles. The van der Waals surface area contributed by atoms with Crippen LogP contribution in [-0.4, -0.2) is 0 Å². The lowest BCUT2D eigenvalue weighted by molar-refractivity contribution is 0.590. The topological polar surface area (TPSA) is 0 Å². The molecule has 0 unspecified atom stereocenters. The van der Waals surface area contributed by atoms with Crippen LogP contribution in [0.25, 0.3) is 0 Å². The highest BCUT2D eigenvalue weighted by Crippen LogP contribution is 2.21. The third-order valence-electron chi connectivity index (χ3n) is 1.78. The van der Waals surface area contributed by atoms with Crippen molar-refractivity contribution in [1.29, 1.82) is 0 Å². The first-order valence-electron chi connectivity index (χ1n) is 3.86. The smallest absolute Gasteiger partial charge is 0.00120 e. The summed E-state index contributed by atoms with van der Waals surface area (Å²) in [6, 6.07) is 8.05. The fourth-order valence-corrected chi connectivity index (χ4v) is 0.983. The second-order valence-electron chi connectivity index (χ2n) is 3.87. The van der Waals surface area contributed by atoms with Gasteiger partial charge in [0.1, 0.15) is 0 Å². The second-order valence-corrected chi connectivity index (χ2v) is 3.87. The van der Waals surface area contributed by atoms with E-state index in [9.17, 15) is 0 Å². The van der Waals surface area contributed by atoms with E-state index in [1.54, 1.807) is 0 Å². The van der Waals surface area contributed by atoms with E-state index < -0.39 is 0 Å². The van der Waals surface area contributed by atoms with Crippen molar-refractivity contribution in [3.8, 4) is 0 Å². The summed E-state index contributed by atoms with van der Waals surface area (Å²) in [6.45, 7) is 12.1. The van der Waals surface area contributed by atoms with Crippen molar-refractivity contribution in [1.82, 2.24) is 0 Å². The molecule has 0 heteroatoms. The number of rotatable bonds is 0. The van der Waals surface area contributed by atoms with E-state index in [0.717, 1.165) is 5.56 Å². The van der Waals surface area contributed by atoms with Gasteiger partial charge < -0.3 is 0 Å². The summed E-state index contributed by atoms with van der Waals surface area (Å²) in [5, 5.41) is 0. The van der Waals surface area contributed by atoms with E-state index in [4.69, 9.17) is 6.92 Å². The van der Waals surface area contributed by atoms with Crippen LogP contribution in [0.15, 0.2) is 24.3 Å². The largest absolute Gasteiger partial charge is 0.0584 e. The van der Waals surface area contributed by atoms with Gasteiger partial charge in [0.15, 0.2) is 0 Å². The first-order chi connectivity index (χ1) is 5.00. The maximum atomic E-state index is 5.57. The van der Waals surface area contributed by atoms with Gasteiger partial charge in [-0.2, -0.15) is 0 Å². The molecule has 11 heavy (non-hydrogen) atoms. The fourth-order valence-electron chi connectivity index (χ4n) is 0.983. The Bertz CT molecular complexity index is 223. The summed E-state index contributed by atoms with van der Waals surface area (Å²) in [4.78, 5) is 0. The zero-order chi connectivity index (χ0) is 8.48. The number of hydrogen-bond acceptors (Lipinski definition) is 0. The van der Waals surface area contributed by atoms with Gasteiger partial charge in [-0.05, 0) is 23.5 Å². The van der Waals surface area contributed by atoms with Gasteiger partial charge in [-0.15, -0.1) is 0 Å². The number of benzene rings is 1. The number of hydrogen-bond donors (Lipinski definition) is 0. The summed E-state index contributed by atoms with van der Waals surface area (Å²) in [6.07, 6.45) is 0. The minimum absolute atomic E-state index is 0.230. The van der Waals surface area contributed by atoms with E-state index in [-0.39, 0.29) is 5.41 Å². The normalized spacial score (nSPS) is 11.6. The molecule has 0 aliphatic carbocycles. The van der Waals surface area contributed by atoms with Crippen molar-refractivity contribution in [2.45, 2.75) is 26.2 Å². The first-order valence-corrected chi connectivity index (χ1v) is 3.86. The van der Waals surface area contributed by atoms with E-state index in [1.165, 1.54) is 5.56 Å². The van der Waals surface area contributed by atoms with E-state index in [2.05, 4.69) is 32.9 Å². The average Bonchev–Trinajstić information content (AvgIpc) is 1.86. The standard InChI is InChI=1S/C11H14/c1-9-5-7-10(8-6-9)11(2,3)4/h1,5-8H,2-4H3. The van der Waals surface area contributed by atoms with Crippen molar-refractivity contribution >= 4 is 0 Å². The Balaban J connectivity index is 2.99. The zero-order valence-corrected chi connectivity index (χ0v) is 7.39. The highest BCUT2D eigenvalue weighted by molar-refractivity contribution is 5.28. The molecule has 2 radical (unpaired) electrons. The van der Waals surface area contributed by atoms with Gasteiger partial charge in [-0.25, -0.2) is 0 Å². The summed E-state index contributed by atoms with van der Waals surface area (Å²) < 4.78 is 0. The minimum Gasteiger partial charge on any atom is -0.0584 e. The molecule has 0 spiro atoms. The van der Waals surface area contributed by atoms with E-state index in [1.807, 2.05) is 12.1 Å². The maximum absolute atomic E-state index is 5.57. The Morgan fingerprint density at radius 1 is 1.00 bits per heavy atom. The quantitative estimate of drug-likeness (QED) is 0.527. The fraction of sp³-hybridized carbons (Fsp3) is 0.364. The van der Waals surface area contributed by atoms with E-state index >= 15 is 0 Å². The van der Waals surface area contributed by atoms with Gasteiger partial charge in [0, 0.05) is 0 Å². The van der Waals surface area contributed by atoms with Gasteiger partial charge in [0.25, 0.3) is 0 Å². The lowest BCUT2D eigenvalue weighted by Crippen LogP contribution is -2.10. The van der Waals surface area contributed by atoms with Crippen LogP contribution in [0.4, 0.5) is 0 Å². The Kier molecular flexibility index (Phi) is 2.03. The van der Waals surface area contributed by atoms with Crippen LogP contribution in [-0.2, 0) is 5.41 Å². The molecule has 0 nitrogen and oxygen atoms in total. The van der Waals surface area contributed by atoms with Crippen LogP contribution in [0.1, 0.15) is 31.9 Å². The van der Waals surface area contributed by atoms with Crippen LogP contribution in [0.5, 0.6) is 0 Å². The third kappa shape index (κ3) is 2.07. The predicted octanol–water partition coefficient (Wildman–Crippen LogP) is 3.04. The SMILES string of the molecule is [CH]c1ccc(C(C)(C)C)cc1. The molecule has 0 aromatic heterocycles. The molecule has 1 aromatic rings. The molecule has 0 heterocycles. The van der Waals surface area contributed by atoms with Crippen molar-refractivity contribution in [3.63, 3.8) is 0 Å². The van der Waals surface area contributed by atoms with Crippen molar-refractivity contribution in [2.24, 2.45) is 0 Å². The molecular weight excluding hydrogens is 132 g/mol.